The molecule has 3 N–H and O–H groups in total. The summed E-state index contributed by atoms with van der Waals surface area (Å²) in [6, 6.07) is 17.3. The predicted octanol–water partition coefficient (Wildman–Crippen LogP) is 3.67. The maximum absolute atomic E-state index is 13.6. The van der Waals surface area contributed by atoms with Crippen LogP contribution in [0.3, 0.4) is 0 Å². The smallest absolute Gasteiger partial charge is 0.255 e. The summed E-state index contributed by atoms with van der Waals surface area (Å²) in [6.07, 6.45) is 2.42. The van der Waals surface area contributed by atoms with Crippen molar-refractivity contribution in [3.8, 4) is 0 Å². The molecular formula is C29H34N4O4S. The zero-order valence-corrected chi connectivity index (χ0v) is 22.6. The molecule has 2 heterocycles. The number of piperidine rings is 1. The summed E-state index contributed by atoms with van der Waals surface area (Å²) in [7, 11) is -3.86. The SMILES string of the molecule is Cc1ccccc1C(=O)Nc1ccc(S(=O)(=O)N[C@H]2CCN(C(=O)[C@H]3CCCN3)C[C@@H]2C)c2ccccc12. The number of carbonyl (C=O) groups excluding carboxylic acids is 2. The molecule has 0 aromatic heterocycles. The fraction of sp³-hybridized carbons (Fsp3) is 0.379. The van der Waals surface area contributed by atoms with Crippen LogP contribution in [0.15, 0.2) is 65.6 Å². The van der Waals surface area contributed by atoms with E-state index < -0.39 is 10.0 Å². The Balaban J connectivity index is 1.34. The van der Waals surface area contributed by atoms with Crippen LogP contribution >= 0.6 is 0 Å². The van der Waals surface area contributed by atoms with E-state index >= 15 is 0 Å². The van der Waals surface area contributed by atoms with Crippen molar-refractivity contribution in [2.24, 2.45) is 5.92 Å². The van der Waals surface area contributed by atoms with E-state index in [-0.39, 0.29) is 34.7 Å². The van der Waals surface area contributed by atoms with E-state index in [9.17, 15) is 18.0 Å². The first-order valence-corrected chi connectivity index (χ1v) is 14.7. The van der Waals surface area contributed by atoms with Gasteiger partial charge in [-0.2, -0.15) is 0 Å². The number of likely N-dealkylation sites (tertiary alicyclic amines) is 1. The molecule has 0 radical (unpaired) electrons. The quantitative estimate of drug-likeness (QED) is 0.447. The van der Waals surface area contributed by atoms with Crippen molar-refractivity contribution in [1.82, 2.24) is 14.9 Å². The molecule has 200 valence electrons. The molecule has 2 aliphatic heterocycles. The largest absolute Gasteiger partial charge is 0.341 e. The maximum atomic E-state index is 13.6. The minimum absolute atomic E-state index is 0.0252. The molecule has 38 heavy (non-hydrogen) atoms. The first-order chi connectivity index (χ1) is 18.2. The highest BCUT2D eigenvalue weighted by molar-refractivity contribution is 7.89. The van der Waals surface area contributed by atoms with Crippen molar-refractivity contribution >= 4 is 38.3 Å². The van der Waals surface area contributed by atoms with Crippen LogP contribution in [-0.4, -0.2) is 56.9 Å². The molecule has 2 fully saturated rings. The van der Waals surface area contributed by atoms with E-state index in [0.29, 0.717) is 41.5 Å². The van der Waals surface area contributed by atoms with Crippen LogP contribution in [-0.2, 0) is 14.8 Å². The summed E-state index contributed by atoms with van der Waals surface area (Å²) in [6.45, 7) is 5.77. The molecule has 3 atom stereocenters. The molecule has 5 rings (SSSR count). The van der Waals surface area contributed by atoms with Crippen LogP contribution in [0.4, 0.5) is 5.69 Å². The number of aryl methyl sites for hydroxylation is 1. The molecule has 0 saturated carbocycles. The first-order valence-electron chi connectivity index (χ1n) is 13.2. The Labute approximate surface area is 223 Å². The molecule has 2 amide bonds. The van der Waals surface area contributed by atoms with Gasteiger partial charge in [0.25, 0.3) is 5.91 Å². The van der Waals surface area contributed by atoms with Crippen LogP contribution < -0.4 is 15.4 Å². The van der Waals surface area contributed by atoms with Gasteiger partial charge in [0.1, 0.15) is 0 Å². The molecule has 8 nitrogen and oxygen atoms in total. The summed E-state index contributed by atoms with van der Waals surface area (Å²) in [5.74, 6) is -0.155. The van der Waals surface area contributed by atoms with E-state index in [2.05, 4.69) is 15.4 Å². The number of benzene rings is 3. The van der Waals surface area contributed by atoms with Crippen LogP contribution in [0.2, 0.25) is 0 Å². The number of amides is 2. The Morgan fingerprint density at radius 2 is 1.71 bits per heavy atom. The zero-order valence-electron chi connectivity index (χ0n) is 21.7. The number of anilines is 1. The van der Waals surface area contributed by atoms with Gasteiger partial charge < -0.3 is 15.5 Å². The van der Waals surface area contributed by atoms with Crippen LogP contribution in [0.1, 0.15) is 42.1 Å². The van der Waals surface area contributed by atoms with Crippen molar-refractivity contribution in [3.63, 3.8) is 0 Å². The van der Waals surface area contributed by atoms with Gasteiger partial charge in [-0.1, -0.05) is 49.4 Å². The van der Waals surface area contributed by atoms with Crippen molar-refractivity contribution < 1.29 is 18.0 Å². The van der Waals surface area contributed by atoms with Gasteiger partial charge in [0.2, 0.25) is 15.9 Å². The second-order valence-corrected chi connectivity index (χ2v) is 12.0. The number of rotatable bonds is 6. The van der Waals surface area contributed by atoms with Crippen LogP contribution in [0, 0.1) is 12.8 Å². The van der Waals surface area contributed by atoms with E-state index in [0.717, 1.165) is 24.9 Å². The van der Waals surface area contributed by atoms with Gasteiger partial charge in [-0.3, -0.25) is 9.59 Å². The highest BCUT2D eigenvalue weighted by Gasteiger charge is 2.35. The molecular weight excluding hydrogens is 500 g/mol. The van der Waals surface area contributed by atoms with E-state index in [1.54, 1.807) is 30.3 Å². The Kier molecular flexibility index (Phi) is 7.52. The highest BCUT2D eigenvalue weighted by Crippen LogP contribution is 2.31. The maximum Gasteiger partial charge on any atom is 0.255 e. The molecule has 2 saturated heterocycles. The number of sulfonamides is 1. The lowest BCUT2D eigenvalue weighted by Gasteiger charge is -2.38. The third kappa shape index (κ3) is 5.32. The Hall–Kier alpha value is -3.27. The van der Waals surface area contributed by atoms with Crippen molar-refractivity contribution in [2.75, 3.05) is 25.0 Å². The lowest BCUT2D eigenvalue weighted by Crippen LogP contribution is -2.54. The summed E-state index contributed by atoms with van der Waals surface area (Å²) >= 11 is 0. The monoisotopic (exact) mass is 534 g/mol. The number of nitrogens with one attached hydrogen (secondary N) is 3. The van der Waals surface area contributed by atoms with Crippen molar-refractivity contribution in [3.05, 3.63) is 71.8 Å². The highest BCUT2D eigenvalue weighted by atomic mass is 32.2. The third-order valence-electron chi connectivity index (χ3n) is 7.69. The van der Waals surface area contributed by atoms with E-state index in [1.165, 1.54) is 0 Å². The second-order valence-electron chi connectivity index (χ2n) is 10.4. The van der Waals surface area contributed by atoms with Crippen molar-refractivity contribution in [2.45, 2.75) is 50.1 Å². The number of fused-ring (bicyclic) bond motifs is 1. The Bertz CT molecular complexity index is 1470. The standard InChI is InChI=1S/C29H34N4O4S/c1-19-8-3-4-9-21(19)28(34)31-25-13-14-27(23-11-6-5-10-22(23)25)38(36,37)32-24-15-17-33(18-20(24)2)29(35)26-12-7-16-30-26/h3-6,8-11,13-14,20,24,26,30,32H,7,12,15-18H2,1-2H3,(H,31,34)/t20-,24-,26+/m0/s1. The molecule has 0 unspecified atom stereocenters. The van der Waals surface area contributed by atoms with E-state index in [4.69, 9.17) is 0 Å². The normalized spacial score (nSPS) is 21.9. The summed E-state index contributed by atoms with van der Waals surface area (Å²) in [5.41, 5.74) is 1.98. The van der Waals surface area contributed by atoms with Gasteiger partial charge in [-0.25, -0.2) is 13.1 Å². The molecule has 3 aromatic rings. The van der Waals surface area contributed by atoms with Crippen LogP contribution in [0.25, 0.3) is 10.8 Å². The fourth-order valence-electron chi connectivity index (χ4n) is 5.53. The van der Waals surface area contributed by atoms with Gasteiger partial charge in [0.15, 0.2) is 0 Å². The van der Waals surface area contributed by atoms with Gasteiger partial charge >= 0.3 is 0 Å². The average molecular weight is 535 g/mol. The van der Waals surface area contributed by atoms with E-state index in [1.807, 2.05) is 49.1 Å². The second kappa shape index (κ2) is 10.8. The molecule has 0 spiro atoms. The lowest BCUT2D eigenvalue weighted by molar-refractivity contribution is -0.135. The van der Waals surface area contributed by atoms with Gasteiger partial charge in [0, 0.05) is 41.2 Å². The minimum atomic E-state index is -3.86. The summed E-state index contributed by atoms with van der Waals surface area (Å²) in [5, 5.41) is 7.39. The Morgan fingerprint density at radius 3 is 2.42 bits per heavy atom. The number of hydrogen-bond acceptors (Lipinski definition) is 5. The van der Waals surface area contributed by atoms with Gasteiger partial charge in [-0.15, -0.1) is 0 Å². The predicted molar refractivity (Wildman–Crippen MR) is 149 cm³/mol. The third-order valence-corrected chi connectivity index (χ3v) is 9.24. The number of carbonyl (C=O) groups is 2. The van der Waals surface area contributed by atoms with Crippen molar-refractivity contribution in [1.29, 1.82) is 0 Å². The number of hydrogen-bond donors (Lipinski definition) is 3. The topological polar surface area (TPSA) is 108 Å². The Morgan fingerprint density at radius 1 is 0.974 bits per heavy atom. The first kappa shape index (κ1) is 26.3. The molecule has 0 aliphatic carbocycles. The summed E-state index contributed by atoms with van der Waals surface area (Å²) in [4.78, 5) is 27.8. The number of nitrogens with zero attached hydrogens (tertiary/aromatic N) is 1. The molecule has 9 heteroatoms. The van der Waals surface area contributed by atoms with Crippen LogP contribution in [0.5, 0.6) is 0 Å². The van der Waals surface area contributed by atoms with Gasteiger partial charge in [-0.05, 0) is 62.4 Å². The van der Waals surface area contributed by atoms with Gasteiger partial charge in [0.05, 0.1) is 10.9 Å². The fourth-order valence-corrected chi connectivity index (χ4v) is 7.12. The molecule has 3 aromatic carbocycles. The minimum Gasteiger partial charge on any atom is -0.341 e. The lowest BCUT2D eigenvalue weighted by atomic mass is 9.94. The zero-order chi connectivity index (χ0) is 26.9. The molecule has 2 aliphatic rings. The molecule has 0 bridgehead atoms. The average Bonchev–Trinajstić information content (AvgIpc) is 3.45. The summed E-state index contributed by atoms with van der Waals surface area (Å²) < 4.78 is 30.1.